The fraction of sp³-hybridized carbons (Fsp3) is 0.400. The number of aryl methyl sites for hydroxylation is 1. The van der Waals surface area contributed by atoms with Crippen LogP contribution < -0.4 is 11.2 Å². The van der Waals surface area contributed by atoms with E-state index >= 15 is 0 Å². The van der Waals surface area contributed by atoms with Gasteiger partial charge in [0.25, 0.3) is 0 Å². The molecule has 1 rings (SSSR count). The summed E-state index contributed by atoms with van der Waals surface area (Å²) in [7, 11) is 1.71. The fourth-order valence-electron chi connectivity index (χ4n) is 0.662. The molecule has 0 radical (unpaired) electrons. The third-order valence-corrected chi connectivity index (χ3v) is 1.17. The predicted octanol–water partition coefficient (Wildman–Crippen LogP) is -1.39. The third-order valence-electron chi connectivity index (χ3n) is 1.17. The van der Waals surface area contributed by atoms with Crippen LogP contribution >= 0.6 is 0 Å². The summed E-state index contributed by atoms with van der Waals surface area (Å²) in [5.41, 5.74) is 7.57. The van der Waals surface area contributed by atoms with Crippen LogP contribution in [0.5, 0.6) is 0 Å². The highest BCUT2D eigenvalue weighted by molar-refractivity contribution is 5.76. The zero-order valence-corrected chi connectivity index (χ0v) is 6.60. The Hall–Kier alpha value is -1.63. The van der Waals surface area contributed by atoms with Crippen LogP contribution in [0.15, 0.2) is 11.2 Å². The standard InChI is InChI=1S/C5H10N6O/c1-11-8-3-4(9-11)2-7-5(6)10-12/h3,12H,2H2,1H3,(H3,6,7,10). The van der Waals surface area contributed by atoms with Gasteiger partial charge in [-0.25, -0.2) is 10.5 Å². The van der Waals surface area contributed by atoms with Gasteiger partial charge in [0, 0.05) is 7.05 Å². The molecule has 0 saturated carbocycles. The molecule has 0 amide bonds. The molecule has 0 aromatic carbocycles. The van der Waals surface area contributed by atoms with Crippen molar-refractivity contribution >= 4 is 5.96 Å². The van der Waals surface area contributed by atoms with Gasteiger partial charge in [0.15, 0.2) is 0 Å². The molecule has 0 bridgehead atoms. The molecule has 0 atom stereocenters. The van der Waals surface area contributed by atoms with Gasteiger partial charge in [-0.2, -0.15) is 15.0 Å². The zero-order chi connectivity index (χ0) is 8.97. The lowest BCUT2D eigenvalue weighted by molar-refractivity contribution is 0.232. The van der Waals surface area contributed by atoms with Crippen LogP contribution in [0.1, 0.15) is 5.69 Å². The van der Waals surface area contributed by atoms with Gasteiger partial charge in [-0.3, -0.25) is 5.21 Å². The average Bonchev–Trinajstić information content (AvgIpc) is 2.47. The number of hydrogen-bond acceptors (Lipinski definition) is 4. The van der Waals surface area contributed by atoms with Crippen LogP contribution in [0.3, 0.4) is 0 Å². The monoisotopic (exact) mass is 170 g/mol. The van der Waals surface area contributed by atoms with E-state index in [1.165, 1.54) is 4.80 Å². The first-order chi connectivity index (χ1) is 5.72. The number of rotatable bonds is 2. The highest BCUT2D eigenvalue weighted by Gasteiger charge is 1.95. The van der Waals surface area contributed by atoms with E-state index in [1.54, 1.807) is 18.7 Å². The van der Waals surface area contributed by atoms with Crippen LogP contribution in [0.4, 0.5) is 0 Å². The average molecular weight is 170 g/mol. The Bertz CT molecular complexity index is 279. The minimum absolute atomic E-state index is 0.0411. The Kier molecular flexibility index (Phi) is 2.59. The summed E-state index contributed by atoms with van der Waals surface area (Å²) >= 11 is 0. The van der Waals surface area contributed by atoms with Crippen molar-refractivity contribution in [2.24, 2.45) is 17.8 Å². The van der Waals surface area contributed by atoms with Crippen molar-refractivity contribution in [2.75, 3.05) is 0 Å². The molecule has 7 heteroatoms. The Labute approximate surface area is 68.9 Å². The van der Waals surface area contributed by atoms with Crippen molar-refractivity contribution in [3.8, 4) is 0 Å². The van der Waals surface area contributed by atoms with Crippen molar-refractivity contribution in [3.63, 3.8) is 0 Å². The first kappa shape index (κ1) is 8.47. The maximum atomic E-state index is 8.27. The molecule has 4 N–H and O–H groups in total. The Morgan fingerprint density at radius 2 is 2.67 bits per heavy atom. The quantitative estimate of drug-likeness (QED) is 0.288. The van der Waals surface area contributed by atoms with E-state index in [1.807, 2.05) is 0 Å². The van der Waals surface area contributed by atoms with Crippen LogP contribution in [-0.2, 0) is 13.6 Å². The molecule has 0 aliphatic heterocycles. The van der Waals surface area contributed by atoms with E-state index in [2.05, 4.69) is 15.2 Å². The lowest BCUT2D eigenvalue weighted by Crippen LogP contribution is -2.28. The summed E-state index contributed by atoms with van der Waals surface area (Å²) < 4.78 is 0. The van der Waals surface area contributed by atoms with Crippen molar-refractivity contribution < 1.29 is 5.21 Å². The van der Waals surface area contributed by atoms with Crippen LogP contribution in [-0.4, -0.2) is 26.2 Å². The Morgan fingerprint density at radius 3 is 3.17 bits per heavy atom. The van der Waals surface area contributed by atoms with Gasteiger partial charge in [0.05, 0.1) is 12.7 Å². The minimum Gasteiger partial charge on any atom is -0.368 e. The molecule has 0 saturated heterocycles. The summed E-state index contributed by atoms with van der Waals surface area (Å²) in [6, 6.07) is 0. The number of hydrogen-bond donors (Lipinski definition) is 3. The smallest absolute Gasteiger partial charge is 0.213 e. The maximum Gasteiger partial charge on any atom is 0.213 e. The van der Waals surface area contributed by atoms with Gasteiger partial charge in [-0.15, -0.1) is 0 Å². The number of nitrogens with two attached hydrogens (primary N) is 1. The van der Waals surface area contributed by atoms with E-state index in [9.17, 15) is 0 Å². The number of nitrogens with one attached hydrogen (secondary N) is 1. The molecule has 0 aliphatic carbocycles. The van der Waals surface area contributed by atoms with Gasteiger partial charge in [0.1, 0.15) is 5.69 Å². The number of hydroxylamine groups is 1. The molecule has 1 aromatic rings. The second kappa shape index (κ2) is 3.67. The van der Waals surface area contributed by atoms with Crippen LogP contribution in [0.2, 0.25) is 0 Å². The van der Waals surface area contributed by atoms with E-state index < -0.39 is 0 Å². The highest BCUT2D eigenvalue weighted by atomic mass is 16.5. The van der Waals surface area contributed by atoms with E-state index in [0.717, 1.165) is 0 Å². The van der Waals surface area contributed by atoms with Gasteiger partial charge >= 0.3 is 0 Å². The van der Waals surface area contributed by atoms with Crippen LogP contribution in [0, 0.1) is 0 Å². The molecule has 0 unspecified atom stereocenters. The van der Waals surface area contributed by atoms with Crippen molar-refractivity contribution in [3.05, 3.63) is 11.9 Å². The molecule has 0 spiro atoms. The van der Waals surface area contributed by atoms with Crippen molar-refractivity contribution in [2.45, 2.75) is 6.54 Å². The molecule has 12 heavy (non-hydrogen) atoms. The molecular weight excluding hydrogens is 160 g/mol. The number of aromatic nitrogens is 3. The molecule has 1 heterocycles. The summed E-state index contributed by atoms with van der Waals surface area (Å²) in [5.74, 6) is -0.0411. The molecule has 0 aliphatic rings. The van der Waals surface area contributed by atoms with Gasteiger partial charge in [-0.1, -0.05) is 0 Å². The lowest BCUT2D eigenvalue weighted by atomic mass is 10.5. The molecule has 7 nitrogen and oxygen atoms in total. The Balaban J connectivity index is 2.53. The van der Waals surface area contributed by atoms with Crippen LogP contribution in [0.25, 0.3) is 0 Å². The molecule has 0 fully saturated rings. The Morgan fingerprint density at radius 1 is 1.92 bits per heavy atom. The fourth-order valence-corrected chi connectivity index (χ4v) is 0.662. The first-order valence-corrected chi connectivity index (χ1v) is 3.27. The molecular formula is C5H10N6O. The second-order valence-corrected chi connectivity index (χ2v) is 2.14. The number of aliphatic imine (C=N–C) groups is 1. The SMILES string of the molecule is Cn1ncc(CN=C(N)NO)n1. The summed E-state index contributed by atoms with van der Waals surface area (Å²) in [6.07, 6.45) is 1.58. The molecule has 66 valence electrons. The first-order valence-electron chi connectivity index (χ1n) is 3.27. The zero-order valence-electron chi connectivity index (χ0n) is 6.60. The number of guanidine groups is 1. The summed E-state index contributed by atoms with van der Waals surface area (Å²) in [4.78, 5) is 5.17. The third kappa shape index (κ3) is 2.20. The van der Waals surface area contributed by atoms with E-state index in [-0.39, 0.29) is 5.96 Å². The molecule has 1 aromatic heterocycles. The largest absolute Gasteiger partial charge is 0.368 e. The second-order valence-electron chi connectivity index (χ2n) is 2.14. The van der Waals surface area contributed by atoms with Crippen molar-refractivity contribution in [1.82, 2.24) is 20.5 Å². The summed E-state index contributed by atoms with van der Waals surface area (Å²) in [5, 5.41) is 16.1. The van der Waals surface area contributed by atoms with E-state index in [0.29, 0.717) is 12.2 Å². The topological polar surface area (TPSA) is 101 Å². The van der Waals surface area contributed by atoms with E-state index in [4.69, 9.17) is 10.9 Å². The van der Waals surface area contributed by atoms with Gasteiger partial charge in [0.2, 0.25) is 5.96 Å². The predicted molar refractivity (Wildman–Crippen MR) is 41.3 cm³/mol. The van der Waals surface area contributed by atoms with Crippen molar-refractivity contribution in [1.29, 1.82) is 0 Å². The summed E-state index contributed by atoms with van der Waals surface area (Å²) in [6.45, 7) is 0.299. The minimum atomic E-state index is -0.0411. The van der Waals surface area contributed by atoms with Gasteiger partial charge in [-0.05, 0) is 0 Å². The normalized spacial score (nSPS) is 11.7. The number of nitrogens with zero attached hydrogens (tertiary/aromatic N) is 4. The highest BCUT2D eigenvalue weighted by Crippen LogP contribution is 1.91. The lowest BCUT2D eigenvalue weighted by Gasteiger charge is -1.94. The maximum absolute atomic E-state index is 8.27. The van der Waals surface area contributed by atoms with Gasteiger partial charge < -0.3 is 5.73 Å².